The molecule has 5 rings (SSSR count). The molecule has 2 aliphatic rings. The van der Waals surface area contributed by atoms with Crippen LogP contribution in [0, 0.1) is 0 Å². The number of rotatable bonds is 3. The molecule has 0 unspecified atom stereocenters. The van der Waals surface area contributed by atoms with Crippen LogP contribution in [-0.4, -0.2) is 43.8 Å². The van der Waals surface area contributed by atoms with E-state index in [1.54, 1.807) is 23.2 Å². The van der Waals surface area contributed by atoms with Crippen molar-refractivity contribution in [3.63, 3.8) is 0 Å². The second-order valence-electron chi connectivity index (χ2n) is 9.06. The summed E-state index contributed by atoms with van der Waals surface area (Å²) in [6.45, 7) is 3.54. The summed E-state index contributed by atoms with van der Waals surface area (Å²) in [7, 11) is 0. The first-order valence-corrected chi connectivity index (χ1v) is 11.5. The number of urea groups is 1. The van der Waals surface area contributed by atoms with E-state index >= 15 is 0 Å². The third kappa shape index (κ3) is 4.18. The topological polar surface area (TPSA) is 102 Å². The predicted molar refractivity (Wildman–Crippen MR) is 124 cm³/mol. The number of nitrogens with zero attached hydrogens (tertiary/aromatic N) is 5. The summed E-state index contributed by atoms with van der Waals surface area (Å²) >= 11 is 6.20. The minimum Gasteiger partial charge on any atom is -0.383 e. The summed E-state index contributed by atoms with van der Waals surface area (Å²) < 4.78 is 41.7. The quantitative estimate of drug-likeness (QED) is 0.549. The van der Waals surface area contributed by atoms with E-state index in [2.05, 4.69) is 20.4 Å². The first kappa shape index (κ1) is 23.4. The number of pyridine rings is 2. The lowest BCUT2D eigenvalue weighted by atomic mass is 9.82. The molecule has 3 aromatic rings. The molecular weight excluding hydrogens is 483 g/mol. The van der Waals surface area contributed by atoms with Crippen LogP contribution in [0.4, 0.5) is 23.8 Å². The van der Waals surface area contributed by atoms with Crippen LogP contribution >= 0.6 is 11.6 Å². The Kier molecular flexibility index (Phi) is 5.62. The summed E-state index contributed by atoms with van der Waals surface area (Å²) in [6, 6.07) is 4.06. The number of nitrogens with two attached hydrogens (primary N) is 1. The molecule has 3 N–H and O–H groups in total. The Balaban J connectivity index is 1.34. The Morgan fingerprint density at radius 2 is 2.03 bits per heavy atom. The summed E-state index contributed by atoms with van der Waals surface area (Å²) in [4.78, 5) is 22.4. The van der Waals surface area contributed by atoms with Gasteiger partial charge in [0.1, 0.15) is 5.82 Å². The van der Waals surface area contributed by atoms with Gasteiger partial charge in [0.25, 0.3) is 0 Å². The van der Waals surface area contributed by atoms with Crippen molar-refractivity contribution in [2.24, 2.45) is 0 Å². The lowest BCUT2D eigenvalue weighted by Crippen LogP contribution is -2.41. The molecule has 0 aromatic carbocycles. The van der Waals surface area contributed by atoms with Crippen molar-refractivity contribution in [1.29, 1.82) is 0 Å². The number of fused-ring (bicyclic) bond motifs is 2. The number of carbonyl (C=O) groups is 1. The third-order valence-electron chi connectivity index (χ3n) is 6.90. The molecule has 1 saturated heterocycles. The van der Waals surface area contributed by atoms with Gasteiger partial charge in [-0.1, -0.05) is 11.6 Å². The molecule has 2 amide bonds. The number of aromatic nitrogens is 4. The van der Waals surface area contributed by atoms with Gasteiger partial charge in [-0.3, -0.25) is 9.67 Å². The second kappa shape index (κ2) is 8.40. The molecule has 8 nitrogen and oxygen atoms in total. The third-order valence-corrected chi connectivity index (χ3v) is 7.21. The predicted octanol–water partition coefficient (Wildman–Crippen LogP) is 4.41. The largest absolute Gasteiger partial charge is 0.419 e. The maximum absolute atomic E-state index is 13.3. The number of carbonyl (C=O) groups excluding carboxylic acids is 1. The lowest BCUT2D eigenvalue weighted by Gasteiger charge is -2.25. The van der Waals surface area contributed by atoms with Gasteiger partial charge in [0, 0.05) is 54.9 Å². The Hall–Kier alpha value is -3.34. The zero-order valence-corrected chi connectivity index (χ0v) is 19.6. The molecule has 3 aromatic heterocycles. The van der Waals surface area contributed by atoms with Crippen LogP contribution in [0.15, 0.2) is 36.8 Å². The van der Waals surface area contributed by atoms with E-state index < -0.39 is 17.6 Å². The number of alkyl halides is 3. The van der Waals surface area contributed by atoms with Crippen molar-refractivity contribution in [3.05, 3.63) is 58.6 Å². The minimum atomic E-state index is -4.60. The van der Waals surface area contributed by atoms with Gasteiger partial charge in [-0.15, -0.1) is 0 Å². The number of likely N-dealkylation sites (tertiary alicyclic amines) is 1. The van der Waals surface area contributed by atoms with E-state index in [0.717, 1.165) is 30.2 Å². The molecule has 1 fully saturated rings. The van der Waals surface area contributed by atoms with Gasteiger partial charge in [0.2, 0.25) is 0 Å². The van der Waals surface area contributed by atoms with Crippen molar-refractivity contribution in [1.82, 2.24) is 30.0 Å². The molecule has 184 valence electrons. The van der Waals surface area contributed by atoms with E-state index in [0.29, 0.717) is 30.4 Å². The molecule has 2 aliphatic heterocycles. The van der Waals surface area contributed by atoms with Crippen LogP contribution in [-0.2, 0) is 18.1 Å². The van der Waals surface area contributed by atoms with Gasteiger partial charge in [0.05, 0.1) is 22.3 Å². The fraction of sp³-hybridized carbons (Fsp3) is 0.391. The monoisotopic (exact) mass is 505 g/mol. The molecule has 1 spiro atoms. The molecule has 0 aliphatic carbocycles. The fourth-order valence-electron chi connectivity index (χ4n) is 5.00. The number of hydrogen-bond acceptors (Lipinski definition) is 5. The van der Waals surface area contributed by atoms with Gasteiger partial charge in [0.15, 0.2) is 0 Å². The highest BCUT2D eigenvalue weighted by atomic mass is 35.5. The SMILES string of the molecule is C[C@H](NC(=O)N1CC[C@@]2(CCn3nc(-c4cnc(N)c(C(F)(F)F)c4)cc32)C1)c1ccncc1Cl. The maximum Gasteiger partial charge on any atom is 0.419 e. The number of amides is 2. The summed E-state index contributed by atoms with van der Waals surface area (Å²) in [5.41, 5.74) is 6.50. The zero-order chi connectivity index (χ0) is 25.0. The first-order valence-electron chi connectivity index (χ1n) is 11.1. The van der Waals surface area contributed by atoms with Gasteiger partial charge in [-0.2, -0.15) is 18.3 Å². The molecule has 0 bridgehead atoms. The van der Waals surface area contributed by atoms with Crippen molar-refractivity contribution < 1.29 is 18.0 Å². The normalized spacial score (nSPS) is 20.3. The number of halogens is 4. The molecule has 35 heavy (non-hydrogen) atoms. The Morgan fingerprint density at radius 1 is 1.26 bits per heavy atom. The van der Waals surface area contributed by atoms with Crippen molar-refractivity contribution in [2.45, 2.75) is 43.9 Å². The average molecular weight is 506 g/mol. The van der Waals surface area contributed by atoms with E-state index in [-0.39, 0.29) is 23.1 Å². The Labute approximate surface area is 204 Å². The smallest absolute Gasteiger partial charge is 0.383 e. The summed E-state index contributed by atoms with van der Waals surface area (Å²) in [5, 5.41) is 8.00. The number of aryl methyl sites for hydroxylation is 1. The van der Waals surface area contributed by atoms with Crippen LogP contribution in [0.1, 0.15) is 42.6 Å². The van der Waals surface area contributed by atoms with E-state index in [1.807, 2.05) is 11.6 Å². The number of hydrogen-bond donors (Lipinski definition) is 2. The van der Waals surface area contributed by atoms with Crippen LogP contribution < -0.4 is 11.1 Å². The van der Waals surface area contributed by atoms with Crippen LogP contribution in [0.2, 0.25) is 5.02 Å². The van der Waals surface area contributed by atoms with Gasteiger partial charge < -0.3 is 16.0 Å². The molecular formula is C23H23ClF3N7O. The first-order chi connectivity index (χ1) is 16.6. The standard InChI is InChI=1S/C23H23ClF3N7O/c1-13(15-2-5-29-11-17(15)24)31-21(35)33-6-3-22(12-33)4-7-34-19(22)9-18(32-34)14-8-16(23(25,26)27)20(28)30-10-14/h2,5,8-11,13H,3-4,6-7,12H2,1H3,(H2,28,30)(H,31,35)/t13-,22+/m0/s1. The Morgan fingerprint density at radius 3 is 2.77 bits per heavy atom. The highest BCUT2D eigenvalue weighted by molar-refractivity contribution is 6.31. The minimum absolute atomic E-state index is 0.196. The second-order valence-corrected chi connectivity index (χ2v) is 9.47. The van der Waals surface area contributed by atoms with E-state index in [9.17, 15) is 18.0 Å². The van der Waals surface area contributed by atoms with Crippen molar-refractivity contribution >= 4 is 23.4 Å². The number of anilines is 1. The fourth-order valence-corrected chi connectivity index (χ4v) is 5.28. The number of nitrogens with one attached hydrogen (secondary N) is 1. The average Bonchev–Trinajstić information content (AvgIpc) is 3.50. The van der Waals surface area contributed by atoms with Crippen molar-refractivity contribution in [3.8, 4) is 11.3 Å². The number of nitrogen functional groups attached to an aromatic ring is 1. The summed E-state index contributed by atoms with van der Waals surface area (Å²) in [6.07, 6.45) is 1.40. The van der Waals surface area contributed by atoms with Gasteiger partial charge in [-0.25, -0.2) is 9.78 Å². The van der Waals surface area contributed by atoms with Crippen molar-refractivity contribution in [2.75, 3.05) is 18.8 Å². The highest BCUT2D eigenvalue weighted by Crippen LogP contribution is 2.44. The molecule has 5 heterocycles. The van der Waals surface area contributed by atoms with Crippen LogP contribution in [0.25, 0.3) is 11.3 Å². The maximum atomic E-state index is 13.3. The highest BCUT2D eigenvalue weighted by Gasteiger charge is 2.47. The Bertz CT molecular complexity index is 1290. The van der Waals surface area contributed by atoms with Crippen LogP contribution in [0.5, 0.6) is 0 Å². The zero-order valence-electron chi connectivity index (χ0n) is 18.8. The van der Waals surface area contributed by atoms with Gasteiger partial charge in [-0.05, 0) is 43.5 Å². The summed E-state index contributed by atoms with van der Waals surface area (Å²) in [5.74, 6) is -0.566. The molecule has 12 heteroatoms. The van der Waals surface area contributed by atoms with Crippen LogP contribution in [0.3, 0.4) is 0 Å². The van der Waals surface area contributed by atoms with E-state index in [1.165, 1.54) is 12.4 Å². The van der Waals surface area contributed by atoms with E-state index in [4.69, 9.17) is 17.3 Å². The van der Waals surface area contributed by atoms with Gasteiger partial charge >= 0.3 is 12.2 Å². The molecule has 0 radical (unpaired) electrons. The lowest BCUT2D eigenvalue weighted by molar-refractivity contribution is -0.137. The molecule has 2 atom stereocenters. The molecule has 0 saturated carbocycles.